The molecule has 0 aliphatic carbocycles. The molecule has 6 heteroatoms. The molecule has 88 valence electrons. The highest BCUT2D eigenvalue weighted by Crippen LogP contribution is 2.12. The second-order valence-corrected chi connectivity index (χ2v) is 3.85. The SMILES string of the molecule is CC(=O)NCC=Cc1cnn2ccc(Cl)nc12. The number of halogens is 1. The number of carbonyl (C=O) groups excluding carboxylic acids is 1. The van der Waals surface area contributed by atoms with Crippen molar-refractivity contribution < 1.29 is 4.79 Å². The average molecular weight is 251 g/mol. The van der Waals surface area contributed by atoms with Gasteiger partial charge in [-0.3, -0.25) is 4.79 Å². The summed E-state index contributed by atoms with van der Waals surface area (Å²) in [5.74, 6) is -0.0596. The number of aromatic nitrogens is 3. The lowest BCUT2D eigenvalue weighted by Crippen LogP contribution is -2.19. The Morgan fingerprint density at radius 1 is 1.65 bits per heavy atom. The molecular formula is C11H11ClN4O. The molecule has 0 unspecified atom stereocenters. The summed E-state index contributed by atoms with van der Waals surface area (Å²) < 4.78 is 1.64. The zero-order chi connectivity index (χ0) is 12.3. The molecule has 0 bridgehead atoms. The van der Waals surface area contributed by atoms with E-state index in [1.165, 1.54) is 6.92 Å². The molecule has 0 aliphatic heterocycles. The van der Waals surface area contributed by atoms with Gasteiger partial charge in [0, 0.05) is 25.2 Å². The summed E-state index contributed by atoms with van der Waals surface area (Å²) in [6.07, 6.45) is 7.13. The van der Waals surface area contributed by atoms with Crippen molar-refractivity contribution in [3.63, 3.8) is 0 Å². The number of fused-ring (bicyclic) bond motifs is 1. The van der Waals surface area contributed by atoms with Crippen LogP contribution < -0.4 is 5.32 Å². The topological polar surface area (TPSA) is 59.3 Å². The van der Waals surface area contributed by atoms with Crippen molar-refractivity contribution in [1.82, 2.24) is 19.9 Å². The van der Waals surface area contributed by atoms with Crippen molar-refractivity contribution in [2.24, 2.45) is 0 Å². The number of carbonyl (C=O) groups is 1. The molecule has 0 saturated carbocycles. The summed E-state index contributed by atoms with van der Waals surface area (Å²) in [5, 5.41) is 7.22. The molecular weight excluding hydrogens is 240 g/mol. The van der Waals surface area contributed by atoms with Gasteiger partial charge in [-0.15, -0.1) is 0 Å². The molecule has 2 aromatic heterocycles. The first kappa shape index (κ1) is 11.6. The summed E-state index contributed by atoms with van der Waals surface area (Å²) >= 11 is 5.82. The van der Waals surface area contributed by atoms with Crippen LogP contribution in [0.3, 0.4) is 0 Å². The molecule has 17 heavy (non-hydrogen) atoms. The minimum absolute atomic E-state index is 0.0596. The Balaban J connectivity index is 2.18. The number of hydrogen-bond acceptors (Lipinski definition) is 3. The second-order valence-electron chi connectivity index (χ2n) is 3.46. The van der Waals surface area contributed by atoms with Crippen LogP contribution in [0, 0.1) is 0 Å². The second kappa shape index (κ2) is 4.97. The lowest BCUT2D eigenvalue weighted by atomic mass is 10.3. The third-order valence-electron chi connectivity index (χ3n) is 2.13. The summed E-state index contributed by atoms with van der Waals surface area (Å²) in [5.41, 5.74) is 1.55. The highest BCUT2D eigenvalue weighted by Gasteiger charge is 2.02. The molecule has 2 heterocycles. The fraction of sp³-hybridized carbons (Fsp3) is 0.182. The van der Waals surface area contributed by atoms with Crippen molar-refractivity contribution >= 4 is 29.2 Å². The van der Waals surface area contributed by atoms with E-state index in [4.69, 9.17) is 11.6 Å². The maximum atomic E-state index is 10.7. The van der Waals surface area contributed by atoms with E-state index in [-0.39, 0.29) is 5.91 Å². The largest absolute Gasteiger partial charge is 0.353 e. The van der Waals surface area contributed by atoms with Gasteiger partial charge in [-0.25, -0.2) is 9.50 Å². The molecule has 5 nitrogen and oxygen atoms in total. The first-order valence-electron chi connectivity index (χ1n) is 5.07. The van der Waals surface area contributed by atoms with Gasteiger partial charge in [0.05, 0.1) is 6.20 Å². The van der Waals surface area contributed by atoms with E-state index in [2.05, 4.69) is 15.4 Å². The van der Waals surface area contributed by atoms with Gasteiger partial charge in [-0.05, 0) is 6.07 Å². The van der Waals surface area contributed by atoms with Crippen LogP contribution in [-0.2, 0) is 4.79 Å². The Labute approximate surface area is 103 Å². The van der Waals surface area contributed by atoms with Crippen LogP contribution in [0.25, 0.3) is 11.7 Å². The molecule has 1 N–H and O–H groups in total. The van der Waals surface area contributed by atoms with Crippen LogP contribution >= 0.6 is 11.6 Å². The normalized spacial score (nSPS) is 11.2. The van der Waals surface area contributed by atoms with E-state index in [1.54, 1.807) is 23.0 Å². The van der Waals surface area contributed by atoms with Gasteiger partial charge in [0.15, 0.2) is 5.65 Å². The molecule has 0 fully saturated rings. The van der Waals surface area contributed by atoms with E-state index in [1.807, 2.05) is 12.2 Å². The van der Waals surface area contributed by atoms with Gasteiger partial charge < -0.3 is 5.32 Å². The lowest BCUT2D eigenvalue weighted by Gasteiger charge is -1.95. The van der Waals surface area contributed by atoms with E-state index >= 15 is 0 Å². The monoisotopic (exact) mass is 250 g/mol. The smallest absolute Gasteiger partial charge is 0.217 e. The maximum absolute atomic E-state index is 10.7. The molecule has 0 atom stereocenters. The molecule has 1 amide bonds. The summed E-state index contributed by atoms with van der Waals surface area (Å²) in [6, 6.07) is 1.67. The number of amides is 1. The van der Waals surface area contributed by atoms with Gasteiger partial charge >= 0.3 is 0 Å². The molecule has 0 radical (unpaired) electrons. The maximum Gasteiger partial charge on any atom is 0.217 e. The first-order chi connectivity index (χ1) is 8.16. The van der Waals surface area contributed by atoms with Crippen LogP contribution in [0.15, 0.2) is 24.5 Å². The highest BCUT2D eigenvalue weighted by atomic mass is 35.5. The molecule has 2 rings (SSSR count). The van der Waals surface area contributed by atoms with Gasteiger partial charge in [0.2, 0.25) is 5.91 Å². The quantitative estimate of drug-likeness (QED) is 0.841. The van der Waals surface area contributed by atoms with Crippen molar-refractivity contribution in [3.05, 3.63) is 35.3 Å². The predicted molar refractivity (Wildman–Crippen MR) is 65.7 cm³/mol. The van der Waals surface area contributed by atoms with Crippen molar-refractivity contribution in [3.8, 4) is 0 Å². The minimum Gasteiger partial charge on any atom is -0.353 e. The Kier molecular flexibility index (Phi) is 3.39. The molecule has 2 aromatic rings. The van der Waals surface area contributed by atoms with E-state index in [0.29, 0.717) is 17.3 Å². The summed E-state index contributed by atoms with van der Waals surface area (Å²) in [7, 11) is 0. The van der Waals surface area contributed by atoms with Crippen LogP contribution in [-0.4, -0.2) is 27.0 Å². The zero-order valence-electron chi connectivity index (χ0n) is 9.22. The molecule has 0 aromatic carbocycles. The lowest BCUT2D eigenvalue weighted by molar-refractivity contribution is -0.118. The van der Waals surface area contributed by atoms with Gasteiger partial charge in [-0.1, -0.05) is 23.8 Å². The third kappa shape index (κ3) is 2.82. The Morgan fingerprint density at radius 3 is 3.24 bits per heavy atom. The van der Waals surface area contributed by atoms with E-state index < -0.39 is 0 Å². The highest BCUT2D eigenvalue weighted by molar-refractivity contribution is 6.29. The fourth-order valence-electron chi connectivity index (χ4n) is 1.37. The summed E-state index contributed by atoms with van der Waals surface area (Å²) in [6.45, 7) is 1.96. The third-order valence-corrected chi connectivity index (χ3v) is 2.34. The first-order valence-corrected chi connectivity index (χ1v) is 5.45. The van der Waals surface area contributed by atoms with Crippen LogP contribution in [0.1, 0.15) is 12.5 Å². The van der Waals surface area contributed by atoms with Crippen molar-refractivity contribution in [2.45, 2.75) is 6.92 Å². The molecule has 0 saturated heterocycles. The van der Waals surface area contributed by atoms with Crippen LogP contribution in [0.4, 0.5) is 0 Å². The van der Waals surface area contributed by atoms with Gasteiger partial charge in [0.1, 0.15) is 5.15 Å². The van der Waals surface area contributed by atoms with Crippen molar-refractivity contribution in [2.75, 3.05) is 6.54 Å². The van der Waals surface area contributed by atoms with E-state index in [9.17, 15) is 4.79 Å². The fourth-order valence-corrected chi connectivity index (χ4v) is 1.51. The van der Waals surface area contributed by atoms with Crippen molar-refractivity contribution in [1.29, 1.82) is 0 Å². The minimum atomic E-state index is -0.0596. The van der Waals surface area contributed by atoms with Gasteiger partial charge in [0.25, 0.3) is 0 Å². The predicted octanol–water partition coefficient (Wildman–Crippen LogP) is 1.53. The van der Waals surface area contributed by atoms with Gasteiger partial charge in [-0.2, -0.15) is 5.10 Å². The molecule has 0 spiro atoms. The number of nitrogens with zero attached hydrogens (tertiary/aromatic N) is 3. The number of rotatable bonds is 3. The van der Waals surface area contributed by atoms with Crippen LogP contribution in [0.2, 0.25) is 5.15 Å². The number of nitrogens with one attached hydrogen (secondary N) is 1. The average Bonchev–Trinajstić information content (AvgIpc) is 2.67. The number of hydrogen-bond donors (Lipinski definition) is 1. The van der Waals surface area contributed by atoms with E-state index in [0.717, 1.165) is 5.56 Å². The zero-order valence-corrected chi connectivity index (χ0v) is 9.98. The Bertz CT molecular complexity index is 576. The molecule has 0 aliphatic rings. The summed E-state index contributed by atoms with van der Waals surface area (Å²) in [4.78, 5) is 14.8. The Hall–Kier alpha value is -1.88. The Morgan fingerprint density at radius 2 is 2.47 bits per heavy atom. The standard InChI is InChI=1S/C11H11ClN4O/c1-8(17)13-5-2-3-9-7-14-16-6-4-10(12)15-11(9)16/h2-4,6-7H,5H2,1H3,(H,13,17). The van der Waals surface area contributed by atoms with Crippen LogP contribution in [0.5, 0.6) is 0 Å².